The van der Waals surface area contributed by atoms with Crippen LogP contribution in [0.5, 0.6) is 0 Å². The Hall–Kier alpha value is -0.780. The Labute approximate surface area is 139 Å². The van der Waals surface area contributed by atoms with Crippen molar-refractivity contribution in [2.24, 2.45) is 0 Å². The molecule has 0 radical (unpaired) electrons. The second kappa shape index (κ2) is 8.01. The quantitative estimate of drug-likeness (QED) is 0.812. The minimum Gasteiger partial charge on any atom is -0.444 e. The highest BCUT2D eigenvalue weighted by Crippen LogP contribution is 2.20. The van der Waals surface area contributed by atoms with Gasteiger partial charge in [-0.1, -0.05) is 27.5 Å². The van der Waals surface area contributed by atoms with Crippen molar-refractivity contribution in [3.8, 4) is 0 Å². The van der Waals surface area contributed by atoms with Gasteiger partial charge in [0.2, 0.25) is 0 Å². The van der Waals surface area contributed by atoms with Crippen LogP contribution in [0.4, 0.5) is 4.79 Å². The van der Waals surface area contributed by atoms with Crippen LogP contribution >= 0.6 is 27.5 Å². The van der Waals surface area contributed by atoms with Gasteiger partial charge in [-0.25, -0.2) is 4.79 Å². The van der Waals surface area contributed by atoms with Crippen LogP contribution < -0.4 is 10.6 Å². The van der Waals surface area contributed by atoms with Gasteiger partial charge in [0.25, 0.3) is 0 Å². The number of ether oxygens (including phenoxy) is 1. The fourth-order valence-corrected chi connectivity index (χ4v) is 2.18. The van der Waals surface area contributed by atoms with Crippen molar-refractivity contribution in [1.82, 2.24) is 10.6 Å². The highest BCUT2D eigenvalue weighted by molar-refractivity contribution is 9.10. The van der Waals surface area contributed by atoms with Crippen LogP contribution in [0, 0.1) is 0 Å². The van der Waals surface area contributed by atoms with E-state index in [1.165, 1.54) is 0 Å². The number of halogens is 2. The van der Waals surface area contributed by atoms with E-state index in [2.05, 4.69) is 26.6 Å². The van der Waals surface area contributed by atoms with E-state index in [4.69, 9.17) is 16.3 Å². The van der Waals surface area contributed by atoms with E-state index in [9.17, 15) is 4.79 Å². The zero-order chi connectivity index (χ0) is 16.0. The van der Waals surface area contributed by atoms with Gasteiger partial charge in [0.05, 0.1) is 0 Å². The van der Waals surface area contributed by atoms with Gasteiger partial charge in [-0.15, -0.1) is 0 Å². The number of carbonyl (C=O) groups is 1. The summed E-state index contributed by atoms with van der Waals surface area (Å²) in [6.45, 7) is 8.62. The largest absolute Gasteiger partial charge is 0.444 e. The van der Waals surface area contributed by atoms with Crippen LogP contribution in [0.25, 0.3) is 0 Å². The summed E-state index contributed by atoms with van der Waals surface area (Å²) in [5.74, 6) is 0. The summed E-state index contributed by atoms with van der Waals surface area (Å²) in [6, 6.07) is 5.84. The Balaban J connectivity index is 2.36. The highest BCUT2D eigenvalue weighted by atomic mass is 79.9. The van der Waals surface area contributed by atoms with Gasteiger partial charge < -0.3 is 15.4 Å². The Morgan fingerprint density at radius 2 is 2.10 bits per heavy atom. The van der Waals surface area contributed by atoms with Crippen LogP contribution in [0.1, 0.15) is 33.3 Å². The third-order valence-corrected chi connectivity index (χ3v) is 3.46. The van der Waals surface area contributed by atoms with Crippen LogP contribution in [0.2, 0.25) is 5.02 Å². The first-order chi connectivity index (χ1) is 9.67. The molecule has 1 aromatic carbocycles. The minimum atomic E-state index is -0.482. The molecule has 21 heavy (non-hydrogen) atoms. The smallest absolute Gasteiger partial charge is 0.407 e. The first kappa shape index (κ1) is 18.3. The second-order valence-electron chi connectivity index (χ2n) is 5.90. The van der Waals surface area contributed by atoms with Crippen molar-refractivity contribution in [2.45, 2.75) is 45.9 Å². The minimum absolute atomic E-state index is 0.104. The third kappa shape index (κ3) is 7.69. The van der Waals surface area contributed by atoms with E-state index < -0.39 is 11.7 Å². The molecule has 1 unspecified atom stereocenters. The molecule has 0 spiro atoms. The molecule has 1 aromatic rings. The average Bonchev–Trinajstić information content (AvgIpc) is 2.35. The molecule has 0 aliphatic carbocycles. The first-order valence-corrected chi connectivity index (χ1v) is 7.98. The number of nitrogens with one attached hydrogen (secondary N) is 2. The van der Waals surface area contributed by atoms with Gasteiger partial charge in [-0.3, -0.25) is 0 Å². The molecule has 0 saturated heterocycles. The van der Waals surface area contributed by atoms with Crippen molar-refractivity contribution in [3.05, 3.63) is 33.3 Å². The van der Waals surface area contributed by atoms with Crippen LogP contribution in [-0.4, -0.2) is 24.3 Å². The molecule has 0 bridgehead atoms. The molecule has 118 valence electrons. The molecule has 0 aromatic heterocycles. The predicted octanol–water partition coefficient (Wildman–Crippen LogP) is 4.11. The van der Waals surface area contributed by atoms with Crippen molar-refractivity contribution in [3.63, 3.8) is 0 Å². The maximum Gasteiger partial charge on any atom is 0.407 e. The SMILES string of the molecule is CC(CNC(=O)OC(C)(C)C)NCc1cc(Br)ccc1Cl. The van der Waals surface area contributed by atoms with E-state index in [-0.39, 0.29) is 6.04 Å². The summed E-state index contributed by atoms with van der Waals surface area (Å²) >= 11 is 9.55. The number of carbonyl (C=O) groups excluding carboxylic acids is 1. The fourth-order valence-electron chi connectivity index (χ4n) is 1.59. The summed E-state index contributed by atoms with van der Waals surface area (Å²) in [5.41, 5.74) is 0.528. The van der Waals surface area contributed by atoms with Crippen molar-refractivity contribution in [1.29, 1.82) is 0 Å². The molecular formula is C15H22BrClN2O2. The molecule has 4 nitrogen and oxygen atoms in total. The van der Waals surface area contributed by atoms with E-state index in [1.807, 2.05) is 45.9 Å². The van der Waals surface area contributed by atoms with Crippen LogP contribution in [0.3, 0.4) is 0 Å². The lowest BCUT2D eigenvalue weighted by Crippen LogP contribution is -2.41. The molecule has 0 fully saturated rings. The topological polar surface area (TPSA) is 50.4 Å². The van der Waals surface area contributed by atoms with Gasteiger partial charge in [0, 0.05) is 28.6 Å². The maximum atomic E-state index is 11.5. The van der Waals surface area contributed by atoms with Crippen molar-refractivity contribution in [2.75, 3.05) is 6.54 Å². The number of benzene rings is 1. The predicted molar refractivity (Wildman–Crippen MR) is 89.7 cm³/mol. The summed E-state index contributed by atoms with van der Waals surface area (Å²) in [7, 11) is 0. The first-order valence-electron chi connectivity index (χ1n) is 6.81. The van der Waals surface area contributed by atoms with Gasteiger partial charge in [0.1, 0.15) is 5.60 Å². The van der Waals surface area contributed by atoms with Crippen LogP contribution in [-0.2, 0) is 11.3 Å². The van der Waals surface area contributed by atoms with Gasteiger partial charge >= 0.3 is 6.09 Å². The van der Waals surface area contributed by atoms with Gasteiger partial charge in [-0.2, -0.15) is 0 Å². The molecule has 0 saturated carbocycles. The lowest BCUT2D eigenvalue weighted by Gasteiger charge is -2.21. The number of hydrogen-bond donors (Lipinski definition) is 2. The zero-order valence-corrected chi connectivity index (χ0v) is 15.1. The third-order valence-electron chi connectivity index (χ3n) is 2.60. The van der Waals surface area contributed by atoms with E-state index in [0.717, 1.165) is 15.1 Å². The Bertz CT molecular complexity index is 489. The maximum absolute atomic E-state index is 11.5. The lowest BCUT2D eigenvalue weighted by molar-refractivity contribution is 0.0523. The molecule has 1 rings (SSSR count). The number of alkyl carbamates (subject to hydrolysis) is 1. The average molecular weight is 378 g/mol. The normalized spacial score (nSPS) is 12.9. The van der Waals surface area contributed by atoms with E-state index in [0.29, 0.717) is 13.1 Å². The standard InChI is InChI=1S/C15H22BrClN2O2/c1-10(8-19-14(20)21-15(2,3)4)18-9-11-7-12(16)5-6-13(11)17/h5-7,10,18H,8-9H2,1-4H3,(H,19,20). The van der Waals surface area contributed by atoms with Crippen molar-refractivity contribution >= 4 is 33.6 Å². The molecule has 1 amide bonds. The molecular weight excluding hydrogens is 356 g/mol. The lowest BCUT2D eigenvalue weighted by atomic mass is 10.2. The van der Waals surface area contributed by atoms with Crippen LogP contribution in [0.15, 0.2) is 22.7 Å². The summed E-state index contributed by atoms with van der Waals surface area (Å²) < 4.78 is 6.17. The number of rotatable bonds is 5. The summed E-state index contributed by atoms with van der Waals surface area (Å²) in [5, 5.41) is 6.77. The Morgan fingerprint density at radius 3 is 2.71 bits per heavy atom. The molecule has 6 heteroatoms. The van der Waals surface area contributed by atoms with E-state index >= 15 is 0 Å². The zero-order valence-electron chi connectivity index (χ0n) is 12.8. The number of amides is 1. The molecule has 1 atom stereocenters. The molecule has 2 N–H and O–H groups in total. The Morgan fingerprint density at radius 1 is 1.43 bits per heavy atom. The summed E-state index contributed by atoms with van der Waals surface area (Å²) in [6.07, 6.45) is -0.406. The Kier molecular flexibility index (Phi) is 6.97. The molecule has 0 aliphatic rings. The van der Waals surface area contributed by atoms with E-state index in [1.54, 1.807) is 0 Å². The summed E-state index contributed by atoms with van der Waals surface area (Å²) in [4.78, 5) is 11.5. The monoisotopic (exact) mass is 376 g/mol. The van der Waals surface area contributed by atoms with Gasteiger partial charge in [0.15, 0.2) is 0 Å². The van der Waals surface area contributed by atoms with Gasteiger partial charge in [-0.05, 0) is 51.5 Å². The number of hydrogen-bond acceptors (Lipinski definition) is 3. The molecule has 0 heterocycles. The van der Waals surface area contributed by atoms with Crippen molar-refractivity contribution < 1.29 is 9.53 Å². The highest BCUT2D eigenvalue weighted by Gasteiger charge is 2.16. The second-order valence-corrected chi connectivity index (χ2v) is 7.22. The fraction of sp³-hybridized carbons (Fsp3) is 0.533. The molecule has 0 aliphatic heterocycles.